The maximum Gasteiger partial charge on any atom is 0.407 e. The number of fused-ring (bicyclic) bond motifs is 5. The summed E-state index contributed by atoms with van der Waals surface area (Å²) in [6.45, 7) is 15.5. The van der Waals surface area contributed by atoms with Gasteiger partial charge in [-0.25, -0.2) is 9.74 Å². The molecule has 0 saturated carbocycles. The summed E-state index contributed by atoms with van der Waals surface area (Å²) in [4.78, 5) is 32.6. The van der Waals surface area contributed by atoms with Gasteiger partial charge in [0.25, 0.3) is 0 Å². The normalized spacial score (nSPS) is 33.9. The second kappa shape index (κ2) is 6.28. The molecule has 0 unspecified atom stereocenters. The fraction of sp³-hybridized carbons (Fsp3) is 0.571. The van der Waals surface area contributed by atoms with Crippen LogP contribution in [0.25, 0.3) is 4.85 Å². The highest BCUT2D eigenvalue weighted by Gasteiger charge is 2.71. The molecule has 6 nitrogen and oxygen atoms in total. The van der Waals surface area contributed by atoms with Crippen molar-refractivity contribution in [3.05, 3.63) is 35.2 Å². The van der Waals surface area contributed by atoms with Gasteiger partial charge in [-0.15, -0.1) is 0 Å². The number of rotatable bonds is 2. The molecule has 3 heterocycles. The molecular weight excluding hydrogens is 399 g/mol. The van der Waals surface area contributed by atoms with E-state index >= 15 is 0 Å². The lowest BCUT2D eigenvalue weighted by Crippen LogP contribution is -2.59. The largest absolute Gasteiger partial charge is 0.407 e. The summed E-state index contributed by atoms with van der Waals surface area (Å²) in [5.74, 6) is -2.64. The molecule has 1 aromatic carbocycles. The Morgan fingerprint density at radius 1 is 1.13 bits per heavy atom. The zero-order chi connectivity index (χ0) is 22.2. The van der Waals surface area contributed by atoms with Crippen molar-refractivity contribution in [2.75, 3.05) is 18.0 Å². The minimum Gasteiger partial charge on any atom is -0.365 e. The van der Waals surface area contributed by atoms with Crippen molar-refractivity contribution < 1.29 is 27.5 Å². The third-order valence-electron chi connectivity index (χ3n) is 6.52. The number of alkyl halides is 3. The number of amides is 2. The SMILES string of the molecule is [C-]#[N+]c1ccc(N2C(=O)[C@@H]3[C@H](C2=O)[C@@]2(C)CN(C(C)C)C[C@]3(C)O2)cc1C(F)(F)F. The van der Waals surface area contributed by atoms with E-state index in [9.17, 15) is 22.8 Å². The Labute approximate surface area is 172 Å². The van der Waals surface area contributed by atoms with Gasteiger partial charge in [0.15, 0.2) is 5.69 Å². The number of carbonyl (C=O) groups is 2. The van der Waals surface area contributed by atoms with E-state index in [0.717, 1.165) is 11.0 Å². The molecule has 3 saturated heterocycles. The average Bonchev–Trinajstić information content (AvgIpc) is 3.00. The molecule has 9 heteroatoms. The quantitative estimate of drug-likeness (QED) is 0.541. The molecule has 0 N–H and O–H groups in total. The van der Waals surface area contributed by atoms with Crippen molar-refractivity contribution >= 4 is 23.2 Å². The predicted octanol–water partition coefficient (Wildman–Crippen LogP) is 3.63. The summed E-state index contributed by atoms with van der Waals surface area (Å²) in [6, 6.07) is 3.14. The van der Waals surface area contributed by atoms with Crippen LogP contribution >= 0.6 is 0 Å². The average molecular weight is 421 g/mol. The van der Waals surface area contributed by atoms with Gasteiger partial charge in [-0.1, -0.05) is 6.07 Å². The fourth-order valence-electron chi connectivity index (χ4n) is 5.29. The number of hydrogen-bond acceptors (Lipinski definition) is 4. The van der Waals surface area contributed by atoms with E-state index in [1.54, 1.807) is 13.8 Å². The van der Waals surface area contributed by atoms with E-state index in [1.165, 1.54) is 6.07 Å². The summed E-state index contributed by atoms with van der Waals surface area (Å²) < 4.78 is 46.4. The van der Waals surface area contributed by atoms with E-state index in [1.807, 2.05) is 13.8 Å². The Hall–Kier alpha value is -2.44. The lowest BCUT2D eigenvalue weighted by molar-refractivity contribution is -0.173. The van der Waals surface area contributed by atoms with E-state index in [0.29, 0.717) is 19.2 Å². The summed E-state index contributed by atoms with van der Waals surface area (Å²) in [5.41, 5.74) is -3.71. The third kappa shape index (κ3) is 2.77. The van der Waals surface area contributed by atoms with Crippen LogP contribution < -0.4 is 4.90 Å². The van der Waals surface area contributed by atoms with E-state index < -0.39 is 52.3 Å². The van der Waals surface area contributed by atoms with Gasteiger partial charge >= 0.3 is 6.18 Å². The fourth-order valence-corrected chi connectivity index (χ4v) is 5.29. The second-order valence-electron chi connectivity index (χ2n) is 9.00. The van der Waals surface area contributed by atoms with Crippen LogP contribution in [0.3, 0.4) is 0 Å². The zero-order valence-electron chi connectivity index (χ0n) is 17.1. The van der Waals surface area contributed by atoms with Gasteiger partial charge in [-0.2, -0.15) is 13.2 Å². The monoisotopic (exact) mass is 421 g/mol. The van der Waals surface area contributed by atoms with Gasteiger partial charge in [0.2, 0.25) is 11.8 Å². The minimum atomic E-state index is -4.77. The summed E-state index contributed by atoms with van der Waals surface area (Å²) in [6.07, 6.45) is -4.77. The molecule has 0 spiro atoms. The molecule has 3 fully saturated rings. The highest BCUT2D eigenvalue weighted by molar-refractivity contribution is 6.23. The first-order valence-corrected chi connectivity index (χ1v) is 9.73. The van der Waals surface area contributed by atoms with Crippen molar-refractivity contribution in [3.63, 3.8) is 0 Å². The number of anilines is 1. The molecule has 4 atom stereocenters. The van der Waals surface area contributed by atoms with Crippen LogP contribution in [0.15, 0.2) is 18.2 Å². The van der Waals surface area contributed by atoms with Crippen molar-refractivity contribution in [1.82, 2.24) is 4.90 Å². The van der Waals surface area contributed by atoms with E-state index in [2.05, 4.69) is 9.74 Å². The number of likely N-dealkylation sites (tertiary alicyclic amines) is 1. The number of nitrogens with zero attached hydrogens (tertiary/aromatic N) is 3. The second-order valence-corrected chi connectivity index (χ2v) is 9.00. The Balaban J connectivity index is 1.77. The van der Waals surface area contributed by atoms with Crippen LogP contribution in [0.5, 0.6) is 0 Å². The topological polar surface area (TPSA) is 54.2 Å². The van der Waals surface area contributed by atoms with Crippen LogP contribution in [0.2, 0.25) is 0 Å². The molecule has 4 rings (SSSR count). The Bertz CT molecular complexity index is 950. The lowest BCUT2D eigenvalue weighted by atomic mass is 9.79. The molecule has 0 aromatic heterocycles. The lowest BCUT2D eigenvalue weighted by Gasteiger charge is -2.46. The number of halogens is 3. The van der Waals surface area contributed by atoms with Crippen molar-refractivity contribution in [2.45, 2.75) is 51.1 Å². The van der Waals surface area contributed by atoms with Crippen molar-refractivity contribution in [2.24, 2.45) is 11.8 Å². The molecule has 0 aliphatic carbocycles. The highest BCUT2D eigenvalue weighted by atomic mass is 19.4. The first-order valence-electron chi connectivity index (χ1n) is 9.73. The van der Waals surface area contributed by atoms with Crippen molar-refractivity contribution in [1.29, 1.82) is 0 Å². The third-order valence-corrected chi connectivity index (χ3v) is 6.52. The van der Waals surface area contributed by atoms with Crippen molar-refractivity contribution in [3.8, 4) is 0 Å². The first-order chi connectivity index (χ1) is 13.8. The Morgan fingerprint density at radius 2 is 1.67 bits per heavy atom. The molecule has 3 aliphatic rings. The number of hydrogen-bond donors (Lipinski definition) is 0. The zero-order valence-corrected chi connectivity index (χ0v) is 17.1. The van der Waals surface area contributed by atoms with Crippen LogP contribution in [0, 0.1) is 18.4 Å². The highest BCUT2D eigenvalue weighted by Crippen LogP contribution is 2.56. The van der Waals surface area contributed by atoms with Gasteiger partial charge in [0.1, 0.15) is 0 Å². The van der Waals surface area contributed by atoms with E-state index in [-0.39, 0.29) is 11.7 Å². The molecule has 160 valence electrons. The molecule has 3 aliphatic heterocycles. The summed E-state index contributed by atoms with van der Waals surface area (Å²) in [7, 11) is 0. The van der Waals surface area contributed by atoms with Gasteiger partial charge in [0, 0.05) is 24.8 Å². The summed E-state index contributed by atoms with van der Waals surface area (Å²) in [5, 5.41) is 0. The number of carbonyl (C=O) groups excluding carboxylic acids is 2. The van der Waals surface area contributed by atoms with E-state index in [4.69, 9.17) is 11.3 Å². The molecule has 0 radical (unpaired) electrons. The van der Waals surface area contributed by atoms with Gasteiger partial charge in [-0.3, -0.25) is 14.5 Å². The number of morpholine rings is 1. The van der Waals surface area contributed by atoms with Gasteiger partial charge in [0.05, 0.1) is 35.2 Å². The summed E-state index contributed by atoms with van der Waals surface area (Å²) >= 11 is 0. The van der Waals surface area contributed by atoms with Crippen LogP contribution in [0.4, 0.5) is 24.5 Å². The van der Waals surface area contributed by atoms with Crippen LogP contribution in [-0.2, 0) is 20.5 Å². The van der Waals surface area contributed by atoms with Gasteiger partial charge in [-0.05, 0) is 39.8 Å². The standard InChI is InChI=1S/C21H22F3N3O3/c1-11(2)26-9-19(3)15-16(20(4,10-26)30-19)18(29)27(17(15)28)12-6-7-14(25-5)13(8-12)21(22,23)24/h6-8,11,15-16H,9-10H2,1-4H3/t15-,16+,19-,20+. The van der Waals surface area contributed by atoms with Gasteiger partial charge < -0.3 is 4.74 Å². The Morgan fingerprint density at radius 3 is 2.10 bits per heavy atom. The maximum atomic E-state index is 13.4. The first kappa shape index (κ1) is 20.8. The molecule has 2 amide bonds. The van der Waals surface area contributed by atoms with Crippen LogP contribution in [0.1, 0.15) is 33.3 Å². The molecule has 30 heavy (non-hydrogen) atoms. The predicted molar refractivity (Wildman–Crippen MR) is 102 cm³/mol. The number of imide groups is 1. The molecule has 1 aromatic rings. The smallest absolute Gasteiger partial charge is 0.365 e. The molecule has 2 bridgehead atoms. The number of benzene rings is 1. The number of ether oxygens (including phenoxy) is 1. The molecular formula is C21H22F3N3O3. The maximum absolute atomic E-state index is 13.4. The minimum absolute atomic E-state index is 0.162. The Kier molecular flexibility index (Phi) is 4.36. The van der Waals surface area contributed by atoms with Crippen LogP contribution in [-0.4, -0.2) is 47.0 Å².